The number of rotatable bonds is 6. The first-order chi connectivity index (χ1) is 14.4. The predicted octanol–water partition coefficient (Wildman–Crippen LogP) is 3.41. The van der Waals surface area contributed by atoms with Gasteiger partial charge in [-0.15, -0.1) is 16.4 Å². The molecule has 152 valence electrons. The summed E-state index contributed by atoms with van der Waals surface area (Å²) in [4.78, 5) is 16.5. The van der Waals surface area contributed by atoms with Gasteiger partial charge in [-0.3, -0.25) is 4.79 Å². The lowest BCUT2D eigenvalue weighted by Gasteiger charge is -2.01. The molecule has 0 spiro atoms. The molecule has 0 aliphatic carbocycles. The number of carbonyl (C=O) groups excluding carboxylic acids is 1. The van der Waals surface area contributed by atoms with Crippen molar-refractivity contribution in [1.82, 2.24) is 15.2 Å². The summed E-state index contributed by atoms with van der Waals surface area (Å²) in [5, 5.41) is 10.7. The third-order valence-electron chi connectivity index (χ3n) is 3.92. The normalized spacial score (nSPS) is 11.4. The maximum absolute atomic E-state index is 13.8. The van der Waals surface area contributed by atoms with E-state index in [1.807, 2.05) is 30.3 Å². The number of anilines is 1. The van der Waals surface area contributed by atoms with Gasteiger partial charge in [-0.05, 0) is 12.1 Å². The molecule has 2 heterocycles. The Bertz CT molecular complexity index is 1300. The second-order valence-electron chi connectivity index (χ2n) is 6.06. The lowest BCUT2D eigenvalue weighted by molar-refractivity contribution is -0.113. The number of nitrogens with zero attached hydrogens (tertiary/aromatic N) is 3. The number of hydrogen-bond acceptors (Lipinski definition) is 8. The second-order valence-corrected chi connectivity index (χ2v) is 8.79. The van der Waals surface area contributed by atoms with Gasteiger partial charge in [0.2, 0.25) is 15.7 Å². The first-order valence-corrected chi connectivity index (χ1v) is 11.1. The Labute approximate surface area is 174 Å². The molecule has 0 radical (unpaired) electrons. The van der Waals surface area contributed by atoms with E-state index >= 15 is 0 Å². The topological polar surface area (TPSA) is 115 Å². The third kappa shape index (κ3) is 4.26. The van der Waals surface area contributed by atoms with E-state index < -0.39 is 32.5 Å². The fourth-order valence-corrected chi connectivity index (χ4v) is 4.19. The molecular formula is C19H13FN4O4S2. The molecule has 0 unspecified atom stereocenters. The van der Waals surface area contributed by atoms with Crippen molar-refractivity contribution in [3.8, 4) is 22.7 Å². The largest absolute Gasteiger partial charge is 0.408 e. The molecule has 2 aromatic heterocycles. The number of benzene rings is 2. The van der Waals surface area contributed by atoms with E-state index in [-0.39, 0.29) is 16.6 Å². The van der Waals surface area contributed by atoms with Crippen molar-refractivity contribution in [2.45, 2.75) is 5.22 Å². The molecule has 11 heteroatoms. The number of hydrogen-bond donors (Lipinski definition) is 1. The fraction of sp³-hybridized carbons (Fsp3) is 0.0526. The average molecular weight is 444 g/mol. The number of sulfone groups is 1. The van der Waals surface area contributed by atoms with Crippen molar-refractivity contribution in [2.75, 3.05) is 11.1 Å². The molecule has 0 saturated heterocycles. The monoisotopic (exact) mass is 444 g/mol. The van der Waals surface area contributed by atoms with E-state index in [0.717, 1.165) is 5.56 Å². The van der Waals surface area contributed by atoms with Crippen molar-refractivity contribution in [3.63, 3.8) is 0 Å². The van der Waals surface area contributed by atoms with Crippen LogP contribution in [0, 0.1) is 5.82 Å². The maximum atomic E-state index is 13.8. The van der Waals surface area contributed by atoms with Crippen LogP contribution >= 0.6 is 11.3 Å². The van der Waals surface area contributed by atoms with Gasteiger partial charge >= 0.3 is 5.22 Å². The molecule has 0 atom stereocenters. The van der Waals surface area contributed by atoms with Gasteiger partial charge in [0.15, 0.2) is 5.13 Å². The quantitative estimate of drug-likeness (QED) is 0.484. The van der Waals surface area contributed by atoms with Gasteiger partial charge in [-0.25, -0.2) is 17.8 Å². The number of halogens is 1. The van der Waals surface area contributed by atoms with Crippen molar-refractivity contribution in [1.29, 1.82) is 0 Å². The number of amides is 1. The molecule has 0 aliphatic heterocycles. The van der Waals surface area contributed by atoms with Crippen molar-refractivity contribution in [3.05, 3.63) is 65.8 Å². The van der Waals surface area contributed by atoms with E-state index in [9.17, 15) is 17.6 Å². The Balaban J connectivity index is 1.46. The van der Waals surface area contributed by atoms with Crippen LogP contribution in [0.15, 0.2) is 69.6 Å². The van der Waals surface area contributed by atoms with Crippen LogP contribution < -0.4 is 5.32 Å². The van der Waals surface area contributed by atoms with Crippen molar-refractivity contribution in [2.24, 2.45) is 0 Å². The molecule has 1 amide bonds. The molecular weight excluding hydrogens is 431 g/mol. The van der Waals surface area contributed by atoms with Gasteiger partial charge in [-0.2, -0.15) is 0 Å². The summed E-state index contributed by atoms with van der Waals surface area (Å²) < 4.78 is 43.7. The predicted molar refractivity (Wildman–Crippen MR) is 108 cm³/mol. The van der Waals surface area contributed by atoms with Gasteiger partial charge in [0, 0.05) is 10.9 Å². The molecule has 4 aromatic rings. The van der Waals surface area contributed by atoms with Crippen LogP contribution in [-0.4, -0.2) is 35.3 Å². The minimum absolute atomic E-state index is 0.0351. The maximum Gasteiger partial charge on any atom is 0.336 e. The summed E-state index contributed by atoms with van der Waals surface area (Å²) >= 11 is 1.17. The number of aromatic nitrogens is 3. The molecule has 0 saturated carbocycles. The smallest absolute Gasteiger partial charge is 0.336 e. The van der Waals surface area contributed by atoms with Crippen LogP contribution in [0.25, 0.3) is 22.7 Å². The van der Waals surface area contributed by atoms with Crippen LogP contribution in [-0.2, 0) is 14.6 Å². The highest BCUT2D eigenvalue weighted by Gasteiger charge is 2.27. The number of carbonyl (C=O) groups is 1. The minimum Gasteiger partial charge on any atom is -0.408 e. The van der Waals surface area contributed by atoms with Gasteiger partial charge in [0.05, 0.1) is 11.3 Å². The first-order valence-electron chi connectivity index (χ1n) is 8.54. The minimum atomic E-state index is -4.22. The van der Waals surface area contributed by atoms with Crippen LogP contribution in [0.5, 0.6) is 0 Å². The molecule has 1 N–H and O–H groups in total. The Kier molecular flexibility index (Phi) is 5.38. The van der Waals surface area contributed by atoms with Crippen molar-refractivity contribution < 1.29 is 22.0 Å². The summed E-state index contributed by atoms with van der Waals surface area (Å²) in [5.74, 6) is -2.67. The molecule has 8 nitrogen and oxygen atoms in total. The lowest BCUT2D eigenvalue weighted by atomic mass is 10.2. The van der Waals surface area contributed by atoms with E-state index in [2.05, 4.69) is 20.5 Å². The summed E-state index contributed by atoms with van der Waals surface area (Å²) in [5.41, 5.74) is 1.49. The van der Waals surface area contributed by atoms with Crippen LogP contribution in [0.2, 0.25) is 0 Å². The van der Waals surface area contributed by atoms with Crippen LogP contribution in [0.1, 0.15) is 0 Å². The van der Waals surface area contributed by atoms with Gasteiger partial charge in [0.25, 0.3) is 5.89 Å². The van der Waals surface area contributed by atoms with Gasteiger partial charge < -0.3 is 9.73 Å². The molecule has 2 aromatic carbocycles. The highest BCUT2D eigenvalue weighted by Crippen LogP contribution is 2.25. The Morgan fingerprint density at radius 2 is 1.80 bits per heavy atom. The summed E-state index contributed by atoms with van der Waals surface area (Å²) in [6, 6.07) is 14.9. The molecule has 0 fully saturated rings. The van der Waals surface area contributed by atoms with Gasteiger partial charge in [-0.1, -0.05) is 47.6 Å². The standard InChI is InChI=1S/C19H13FN4O4S2/c20-14-9-5-4-8-13(14)17-23-24-19(28-17)30(26,27)11-16(25)22-18-21-15(10-29-18)12-6-2-1-3-7-12/h1-10H,11H2,(H,21,22,25). The highest BCUT2D eigenvalue weighted by atomic mass is 32.2. The zero-order valence-corrected chi connectivity index (χ0v) is 16.8. The Morgan fingerprint density at radius 3 is 2.57 bits per heavy atom. The summed E-state index contributed by atoms with van der Waals surface area (Å²) in [6.45, 7) is 0. The summed E-state index contributed by atoms with van der Waals surface area (Å²) in [7, 11) is -4.22. The van der Waals surface area contributed by atoms with Crippen molar-refractivity contribution >= 4 is 32.2 Å². The Morgan fingerprint density at radius 1 is 1.07 bits per heavy atom. The molecule has 30 heavy (non-hydrogen) atoms. The molecule has 0 bridgehead atoms. The van der Waals surface area contributed by atoms with Gasteiger partial charge in [0.1, 0.15) is 11.6 Å². The molecule has 0 aliphatic rings. The van der Waals surface area contributed by atoms with Crippen LogP contribution in [0.4, 0.5) is 9.52 Å². The lowest BCUT2D eigenvalue weighted by Crippen LogP contribution is -2.23. The van der Waals surface area contributed by atoms with E-state index in [4.69, 9.17) is 4.42 Å². The average Bonchev–Trinajstić information content (AvgIpc) is 3.39. The highest BCUT2D eigenvalue weighted by molar-refractivity contribution is 7.91. The third-order valence-corrected chi connectivity index (χ3v) is 6.02. The fourth-order valence-electron chi connectivity index (χ4n) is 2.54. The Hall–Kier alpha value is -3.44. The van der Waals surface area contributed by atoms with Crippen LogP contribution in [0.3, 0.4) is 0 Å². The number of thiazole rings is 1. The second kappa shape index (κ2) is 8.13. The molecule has 4 rings (SSSR count). The zero-order chi connectivity index (χ0) is 21.1. The van der Waals surface area contributed by atoms with E-state index in [0.29, 0.717) is 5.69 Å². The SMILES string of the molecule is O=C(CS(=O)(=O)c1nnc(-c2ccccc2F)o1)Nc1nc(-c2ccccc2)cs1. The van der Waals surface area contributed by atoms with E-state index in [1.54, 1.807) is 11.4 Å². The summed E-state index contributed by atoms with van der Waals surface area (Å²) in [6.07, 6.45) is 0. The zero-order valence-electron chi connectivity index (χ0n) is 15.1. The number of nitrogens with one attached hydrogen (secondary N) is 1. The van der Waals surface area contributed by atoms with E-state index in [1.165, 1.54) is 29.5 Å². The first kappa shape index (κ1) is 19.9.